The van der Waals surface area contributed by atoms with Crippen molar-refractivity contribution in [2.75, 3.05) is 0 Å². The van der Waals surface area contributed by atoms with Gasteiger partial charge in [-0.1, -0.05) is 13.8 Å². The first-order valence-corrected chi connectivity index (χ1v) is 4.99. The maximum atomic E-state index is 11.0. The minimum Gasteiger partial charge on any atom is -0.390 e. The summed E-state index contributed by atoms with van der Waals surface area (Å²) in [6.45, 7) is 7.64. The van der Waals surface area contributed by atoms with Crippen molar-refractivity contribution in [2.45, 2.75) is 52.6 Å². The molecule has 2 nitrogen and oxygen atoms in total. The molecular weight excluding hydrogens is 164 g/mol. The van der Waals surface area contributed by atoms with Gasteiger partial charge in [0.2, 0.25) is 0 Å². The minimum absolute atomic E-state index is 0.126. The van der Waals surface area contributed by atoms with E-state index in [1.165, 1.54) is 0 Å². The van der Waals surface area contributed by atoms with Crippen LogP contribution in [0.5, 0.6) is 0 Å². The third kappa shape index (κ3) is 1.78. The van der Waals surface area contributed by atoms with Crippen LogP contribution in [0.1, 0.15) is 47.0 Å². The fourth-order valence-corrected chi connectivity index (χ4v) is 2.28. The summed E-state index contributed by atoms with van der Waals surface area (Å²) in [7, 11) is 0. The van der Waals surface area contributed by atoms with Gasteiger partial charge in [0.05, 0.1) is 5.60 Å². The standard InChI is InChI=1S/C11H20O2/c1-8(12)7-9-5-6-11(4,13)10(9,2)3/h9,13H,5-7H2,1-4H3. The quantitative estimate of drug-likeness (QED) is 0.714. The van der Waals surface area contributed by atoms with Gasteiger partial charge in [-0.05, 0) is 38.0 Å². The summed E-state index contributed by atoms with van der Waals surface area (Å²) in [6, 6.07) is 0. The lowest BCUT2D eigenvalue weighted by Crippen LogP contribution is -2.40. The predicted octanol–water partition coefficient (Wildman–Crippen LogP) is 2.15. The molecule has 0 saturated heterocycles. The molecule has 0 radical (unpaired) electrons. The number of rotatable bonds is 2. The average molecular weight is 184 g/mol. The van der Waals surface area contributed by atoms with Gasteiger partial charge in [0.1, 0.15) is 5.78 Å². The number of Topliss-reactive ketones (excluding diaryl/α,β-unsaturated/α-hetero) is 1. The molecule has 0 spiro atoms. The van der Waals surface area contributed by atoms with Gasteiger partial charge in [0.15, 0.2) is 0 Å². The number of aliphatic hydroxyl groups is 1. The van der Waals surface area contributed by atoms with E-state index in [1.807, 2.05) is 6.92 Å². The molecule has 0 aromatic rings. The highest BCUT2D eigenvalue weighted by Gasteiger charge is 2.50. The van der Waals surface area contributed by atoms with Gasteiger partial charge in [-0.2, -0.15) is 0 Å². The molecule has 76 valence electrons. The second-order valence-electron chi connectivity index (χ2n) is 5.14. The van der Waals surface area contributed by atoms with E-state index in [0.717, 1.165) is 12.8 Å². The number of hydrogen-bond acceptors (Lipinski definition) is 2. The van der Waals surface area contributed by atoms with Crippen LogP contribution in [-0.2, 0) is 4.79 Å². The largest absolute Gasteiger partial charge is 0.390 e. The number of carbonyl (C=O) groups excluding carboxylic acids is 1. The van der Waals surface area contributed by atoms with Crippen molar-refractivity contribution in [1.82, 2.24) is 0 Å². The maximum Gasteiger partial charge on any atom is 0.130 e. The van der Waals surface area contributed by atoms with Crippen LogP contribution in [0.4, 0.5) is 0 Å². The minimum atomic E-state index is -0.604. The van der Waals surface area contributed by atoms with Crippen molar-refractivity contribution in [3.63, 3.8) is 0 Å². The Labute approximate surface area is 80.3 Å². The number of carbonyl (C=O) groups is 1. The Morgan fingerprint density at radius 3 is 2.31 bits per heavy atom. The van der Waals surface area contributed by atoms with Crippen molar-refractivity contribution in [3.8, 4) is 0 Å². The summed E-state index contributed by atoms with van der Waals surface area (Å²) >= 11 is 0. The van der Waals surface area contributed by atoms with E-state index in [0.29, 0.717) is 12.3 Å². The zero-order valence-corrected chi connectivity index (χ0v) is 9.05. The highest BCUT2D eigenvalue weighted by atomic mass is 16.3. The van der Waals surface area contributed by atoms with Crippen molar-refractivity contribution in [3.05, 3.63) is 0 Å². The third-order valence-electron chi connectivity index (χ3n) is 3.92. The highest BCUT2D eigenvalue weighted by Crippen LogP contribution is 2.51. The second kappa shape index (κ2) is 3.09. The molecule has 1 N–H and O–H groups in total. The molecule has 0 aromatic carbocycles. The molecule has 0 heterocycles. The van der Waals surface area contributed by atoms with Gasteiger partial charge in [-0.15, -0.1) is 0 Å². The summed E-state index contributed by atoms with van der Waals surface area (Å²) in [5, 5.41) is 10.1. The Balaban J connectivity index is 2.76. The smallest absolute Gasteiger partial charge is 0.130 e. The molecule has 0 aliphatic heterocycles. The molecule has 2 atom stereocenters. The molecular formula is C11H20O2. The zero-order chi connectivity index (χ0) is 10.3. The van der Waals surface area contributed by atoms with Gasteiger partial charge >= 0.3 is 0 Å². The fraction of sp³-hybridized carbons (Fsp3) is 0.909. The van der Waals surface area contributed by atoms with Crippen LogP contribution in [0.2, 0.25) is 0 Å². The second-order valence-corrected chi connectivity index (χ2v) is 5.14. The normalized spacial score (nSPS) is 37.8. The van der Waals surface area contributed by atoms with Crippen LogP contribution in [0.25, 0.3) is 0 Å². The van der Waals surface area contributed by atoms with E-state index in [1.54, 1.807) is 6.92 Å². The average Bonchev–Trinajstić information content (AvgIpc) is 2.11. The van der Waals surface area contributed by atoms with Crippen molar-refractivity contribution in [1.29, 1.82) is 0 Å². The summed E-state index contributed by atoms with van der Waals surface area (Å²) in [5.41, 5.74) is -0.730. The van der Waals surface area contributed by atoms with Gasteiger partial charge < -0.3 is 9.90 Å². The molecule has 2 unspecified atom stereocenters. The first kappa shape index (κ1) is 10.7. The molecule has 2 heteroatoms. The van der Waals surface area contributed by atoms with Crippen LogP contribution in [0.3, 0.4) is 0 Å². The van der Waals surface area contributed by atoms with E-state index in [4.69, 9.17) is 0 Å². The highest BCUT2D eigenvalue weighted by molar-refractivity contribution is 5.75. The maximum absolute atomic E-state index is 11.0. The lowest BCUT2D eigenvalue weighted by molar-refractivity contribution is -0.119. The first-order chi connectivity index (χ1) is 5.77. The van der Waals surface area contributed by atoms with Crippen LogP contribution in [-0.4, -0.2) is 16.5 Å². The number of hydrogen-bond donors (Lipinski definition) is 1. The van der Waals surface area contributed by atoms with Gasteiger partial charge in [-0.3, -0.25) is 0 Å². The van der Waals surface area contributed by atoms with E-state index in [-0.39, 0.29) is 11.2 Å². The lowest BCUT2D eigenvalue weighted by Gasteiger charge is -2.37. The Bertz CT molecular complexity index is 216. The van der Waals surface area contributed by atoms with Crippen LogP contribution in [0, 0.1) is 11.3 Å². The van der Waals surface area contributed by atoms with Crippen LogP contribution >= 0.6 is 0 Å². The SMILES string of the molecule is CC(=O)CC1CCC(C)(O)C1(C)C. The Kier molecular flexibility index (Phi) is 2.54. The van der Waals surface area contributed by atoms with Crippen molar-refractivity contribution < 1.29 is 9.90 Å². The van der Waals surface area contributed by atoms with E-state index in [9.17, 15) is 9.90 Å². The Hall–Kier alpha value is -0.370. The molecule has 13 heavy (non-hydrogen) atoms. The topological polar surface area (TPSA) is 37.3 Å². The van der Waals surface area contributed by atoms with Gasteiger partial charge in [-0.25, -0.2) is 0 Å². The first-order valence-electron chi connectivity index (χ1n) is 4.99. The molecule has 0 amide bonds. The lowest BCUT2D eigenvalue weighted by atomic mass is 9.72. The number of ketones is 1. The van der Waals surface area contributed by atoms with E-state index in [2.05, 4.69) is 13.8 Å². The Morgan fingerprint density at radius 1 is 1.46 bits per heavy atom. The van der Waals surface area contributed by atoms with Crippen molar-refractivity contribution >= 4 is 5.78 Å². The Morgan fingerprint density at radius 2 is 2.00 bits per heavy atom. The van der Waals surface area contributed by atoms with Gasteiger partial charge in [0, 0.05) is 6.42 Å². The summed E-state index contributed by atoms with van der Waals surface area (Å²) in [4.78, 5) is 11.0. The molecule has 1 saturated carbocycles. The molecule has 0 bridgehead atoms. The molecule has 1 rings (SSSR count). The van der Waals surface area contributed by atoms with Crippen LogP contribution < -0.4 is 0 Å². The van der Waals surface area contributed by atoms with Crippen LogP contribution in [0.15, 0.2) is 0 Å². The third-order valence-corrected chi connectivity index (χ3v) is 3.92. The van der Waals surface area contributed by atoms with E-state index < -0.39 is 5.60 Å². The molecule has 1 aliphatic carbocycles. The monoisotopic (exact) mass is 184 g/mol. The summed E-state index contributed by atoms with van der Waals surface area (Å²) in [6.07, 6.45) is 2.40. The molecule has 0 aromatic heterocycles. The predicted molar refractivity (Wildman–Crippen MR) is 52.4 cm³/mol. The summed E-state index contributed by atoms with van der Waals surface area (Å²) < 4.78 is 0. The van der Waals surface area contributed by atoms with Gasteiger partial charge in [0.25, 0.3) is 0 Å². The fourth-order valence-electron chi connectivity index (χ4n) is 2.28. The zero-order valence-electron chi connectivity index (χ0n) is 9.05. The van der Waals surface area contributed by atoms with Crippen molar-refractivity contribution in [2.24, 2.45) is 11.3 Å². The molecule has 1 fully saturated rings. The summed E-state index contributed by atoms with van der Waals surface area (Å²) in [5.74, 6) is 0.579. The van der Waals surface area contributed by atoms with E-state index >= 15 is 0 Å². The molecule has 1 aliphatic rings.